The molecule has 0 saturated carbocycles. The van der Waals surface area contributed by atoms with E-state index >= 15 is 0 Å². The SMILES string of the molecule is CC(C)CC(NC(=O)c1ccccc1N(C)S(C)(=O)=O)c1ccccc1. The number of nitrogens with one attached hydrogen (secondary N) is 1. The largest absolute Gasteiger partial charge is 0.345 e. The maximum absolute atomic E-state index is 12.9. The van der Waals surface area contributed by atoms with Crippen LogP contribution in [0.5, 0.6) is 0 Å². The Morgan fingerprint density at radius 2 is 1.62 bits per heavy atom. The van der Waals surface area contributed by atoms with Crippen LogP contribution in [0.15, 0.2) is 54.6 Å². The zero-order chi connectivity index (χ0) is 19.3. The topological polar surface area (TPSA) is 66.5 Å². The third-order valence-corrected chi connectivity index (χ3v) is 5.39. The van der Waals surface area contributed by atoms with E-state index in [0.29, 0.717) is 17.2 Å². The predicted molar refractivity (Wildman–Crippen MR) is 106 cm³/mol. The highest BCUT2D eigenvalue weighted by molar-refractivity contribution is 7.92. The van der Waals surface area contributed by atoms with Gasteiger partial charge in [-0.1, -0.05) is 56.3 Å². The Hall–Kier alpha value is -2.34. The number of para-hydroxylation sites is 1. The Balaban J connectivity index is 2.33. The van der Waals surface area contributed by atoms with Crippen molar-refractivity contribution in [3.8, 4) is 0 Å². The van der Waals surface area contributed by atoms with Crippen LogP contribution in [0.4, 0.5) is 5.69 Å². The van der Waals surface area contributed by atoms with E-state index in [2.05, 4.69) is 19.2 Å². The fourth-order valence-electron chi connectivity index (χ4n) is 2.79. The number of hydrogen-bond donors (Lipinski definition) is 1. The summed E-state index contributed by atoms with van der Waals surface area (Å²) in [6.45, 7) is 4.21. The number of sulfonamides is 1. The molecule has 0 aromatic heterocycles. The van der Waals surface area contributed by atoms with Crippen molar-refractivity contribution < 1.29 is 13.2 Å². The molecule has 1 N–H and O–H groups in total. The smallest absolute Gasteiger partial charge is 0.253 e. The summed E-state index contributed by atoms with van der Waals surface area (Å²) in [6.07, 6.45) is 1.91. The van der Waals surface area contributed by atoms with E-state index < -0.39 is 10.0 Å². The molecule has 0 fully saturated rings. The van der Waals surface area contributed by atoms with E-state index in [-0.39, 0.29) is 11.9 Å². The van der Waals surface area contributed by atoms with Gasteiger partial charge in [-0.2, -0.15) is 0 Å². The second-order valence-corrected chi connectivity index (χ2v) is 8.83. The highest BCUT2D eigenvalue weighted by Gasteiger charge is 2.22. The molecule has 2 rings (SSSR count). The maximum Gasteiger partial charge on any atom is 0.253 e. The summed E-state index contributed by atoms with van der Waals surface area (Å²) < 4.78 is 24.9. The Morgan fingerprint density at radius 3 is 2.19 bits per heavy atom. The zero-order valence-electron chi connectivity index (χ0n) is 15.6. The molecule has 1 unspecified atom stereocenters. The third-order valence-electron chi connectivity index (χ3n) is 4.20. The van der Waals surface area contributed by atoms with Gasteiger partial charge in [0.05, 0.1) is 23.5 Å². The number of hydrogen-bond acceptors (Lipinski definition) is 3. The molecule has 0 aliphatic heterocycles. The minimum atomic E-state index is -3.46. The van der Waals surface area contributed by atoms with Crippen molar-refractivity contribution in [3.63, 3.8) is 0 Å². The van der Waals surface area contributed by atoms with E-state index in [4.69, 9.17) is 0 Å². The zero-order valence-corrected chi connectivity index (χ0v) is 16.5. The van der Waals surface area contributed by atoms with Crippen LogP contribution in [-0.4, -0.2) is 27.6 Å². The molecule has 0 spiro atoms. The van der Waals surface area contributed by atoms with Gasteiger partial charge < -0.3 is 5.32 Å². The van der Waals surface area contributed by atoms with E-state index in [1.807, 2.05) is 30.3 Å². The average Bonchev–Trinajstić information content (AvgIpc) is 2.60. The highest BCUT2D eigenvalue weighted by Crippen LogP contribution is 2.25. The first-order valence-corrected chi connectivity index (χ1v) is 10.4. The van der Waals surface area contributed by atoms with Crippen molar-refractivity contribution in [2.45, 2.75) is 26.3 Å². The standard InChI is InChI=1S/C20H26N2O3S/c1-15(2)14-18(16-10-6-5-7-11-16)21-20(23)17-12-8-9-13-19(17)22(3)26(4,24)25/h5-13,15,18H,14H2,1-4H3,(H,21,23). The second kappa shape index (κ2) is 8.36. The van der Waals surface area contributed by atoms with Crippen LogP contribution in [-0.2, 0) is 10.0 Å². The lowest BCUT2D eigenvalue weighted by Crippen LogP contribution is -2.32. The van der Waals surface area contributed by atoms with Gasteiger partial charge in [0.25, 0.3) is 5.91 Å². The molecule has 6 heteroatoms. The Kier molecular flexibility index (Phi) is 6.42. The normalized spacial score (nSPS) is 12.7. The number of anilines is 1. The van der Waals surface area contributed by atoms with Crippen LogP contribution in [0, 0.1) is 5.92 Å². The molecule has 26 heavy (non-hydrogen) atoms. The molecular weight excluding hydrogens is 348 g/mol. The molecule has 5 nitrogen and oxygen atoms in total. The number of amides is 1. The number of nitrogens with zero attached hydrogens (tertiary/aromatic N) is 1. The van der Waals surface area contributed by atoms with Crippen LogP contribution in [0.1, 0.15) is 42.2 Å². The van der Waals surface area contributed by atoms with Gasteiger partial charge in [-0.25, -0.2) is 8.42 Å². The van der Waals surface area contributed by atoms with E-state index in [1.54, 1.807) is 24.3 Å². The summed E-state index contributed by atoms with van der Waals surface area (Å²) in [5, 5.41) is 3.07. The number of carbonyl (C=O) groups is 1. The lowest BCUT2D eigenvalue weighted by Gasteiger charge is -2.24. The summed E-state index contributed by atoms with van der Waals surface area (Å²) in [5.41, 5.74) is 1.73. The summed E-state index contributed by atoms with van der Waals surface area (Å²) in [5.74, 6) is 0.111. The minimum absolute atomic E-state index is 0.139. The highest BCUT2D eigenvalue weighted by atomic mass is 32.2. The summed E-state index contributed by atoms with van der Waals surface area (Å²) >= 11 is 0. The van der Waals surface area contributed by atoms with Gasteiger partial charge in [0, 0.05) is 7.05 Å². The fourth-order valence-corrected chi connectivity index (χ4v) is 3.31. The summed E-state index contributed by atoms with van der Waals surface area (Å²) in [7, 11) is -2.01. The Morgan fingerprint density at radius 1 is 1.04 bits per heavy atom. The van der Waals surface area contributed by atoms with Crippen LogP contribution < -0.4 is 9.62 Å². The first-order valence-electron chi connectivity index (χ1n) is 8.59. The minimum Gasteiger partial charge on any atom is -0.345 e. The summed E-state index contributed by atoms with van der Waals surface area (Å²) in [4.78, 5) is 12.9. The fraction of sp³-hybridized carbons (Fsp3) is 0.350. The van der Waals surface area contributed by atoms with Crippen molar-refractivity contribution in [3.05, 3.63) is 65.7 Å². The third kappa shape index (κ3) is 5.08. The predicted octanol–water partition coefficient (Wildman–Crippen LogP) is 3.60. The molecule has 1 amide bonds. The first-order chi connectivity index (χ1) is 12.2. The van der Waals surface area contributed by atoms with Gasteiger partial charge >= 0.3 is 0 Å². The van der Waals surface area contributed by atoms with Gasteiger partial charge in [-0.05, 0) is 30.0 Å². The number of benzene rings is 2. The quantitative estimate of drug-likeness (QED) is 0.805. The lowest BCUT2D eigenvalue weighted by atomic mass is 9.96. The molecule has 0 heterocycles. The van der Waals surface area contributed by atoms with Crippen LogP contribution in [0.25, 0.3) is 0 Å². The molecule has 0 bridgehead atoms. The van der Waals surface area contributed by atoms with Gasteiger partial charge in [-0.3, -0.25) is 9.10 Å². The molecule has 0 saturated heterocycles. The van der Waals surface area contributed by atoms with Gasteiger partial charge in [-0.15, -0.1) is 0 Å². The van der Waals surface area contributed by atoms with Crippen molar-refractivity contribution >= 4 is 21.6 Å². The van der Waals surface area contributed by atoms with Gasteiger partial charge in [0.1, 0.15) is 0 Å². The van der Waals surface area contributed by atoms with Crippen molar-refractivity contribution in [2.24, 2.45) is 5.92 Å². The second-order valence-electron chi connectivity index (χ2n) is 6.81. The molecule has 1 atom stereocenters. The van der Waals surface area contributed by atoms with Gasteiger partial charge in [0.2, 0.25) is 10.0 Å². The molecular formula is C20H26N2O3S. The first kappa shape index (κ1) is 20.0. The van der Waals surface area contributed by atoms with Crippen LogP contribution in [0.2, 0.25) is 0 Å². The average molecular weight is 375 g/mol. The van der Waals surface area contributed by atoms with Gasteiger partial charge in [0.15, 0.2) is 0 Å². The Labute approximate surface area is 156 Å². The van der Waals surface area contributed by atoms with E-state index in [9.17, 15) is 13.2 Å². The molecule has 0 aliphatic carbocycles. The molecule has 2 aromatic rings. The van der Waals surface area contributed by atoms with Crippen molar-refractivity contribution in [2.75, 3.05) is 17.6 Å². The number of rotatable bonds is 7. The molecule has 2 aromatic carbocycles. The van der Waals surface area contributed by atoms with Crippen LogP contribution in [0.3, 0.4) is 0 Å². The molecule has 0 aliphatic rings. The maximum atomic E-state index is 12.9. The van der Waals surface area contributed by atoms with E-state index in [1.165, 1.54) is 7.05 Å². The van der Waals surface area contributed by atoms with Crippen molar-refractivity contribution in [1.82, 2.24) is 5.32 Å². The molecule has 140 valence electrons. The molecule has 0 radical (unpaired) electrons. The lowest BCUT2D eigenvalue weighted by molar-refractivity contribution is 0.0932. The van der Waals surface area contributed by atoms with Crippen molar-refractivity contribution in [1.29, 1.82) is 0 Å². The Bertz CT molecular complexity index is 848. The van der Waals surface area contributed by atoms with Crippen LogP contribution >= 0.6 is 0 Å². The number of carbonyl (C=O) groups excluding carboxylic acids is 1. The summed E-state index contributed by atoms with van der Waals surface area (Å²) in [6, 6.07) is 16.4. The monoisotopic (exact) mass is 374 g/mol. The van der Waals surface area contributed by atoms with E-state index in [0.717, 1.165) is 22.5 Å².